The van der Waals surface area contributed by atoms with E-state index in [4.69, 9.17) is 4.98 Å². The van der Waals surface area contributed by atoms with Crippen molar-refractivity contribution < 1.29 is 5.11 Å². The highest BCUT2D eigenvalue weighted by Gasteiger charge is 2.53. The fourth-order valence-electron chi connectivity index (χ4n) is 5.48. The molecule has 1 aromatic carbocycles. The molecule has 3 unspecified atom stereocenters. The van der Waals surface area contributed by atoms with Crippen molar-refractivity contribution in [3.63, 3.8) is 0 Å². The number of para-hydroxylation sites is 2. The number of rotatable bonds is 5. The highest BCUT2D eigenvalue weighted by atomic mass is 16.3. The van der Waals surface area contributed by atoms with Gasteiger partial charge in [-0.3, -0.25) is 9.88 Å². The first-order valence-corrected chi connectivity index (χ1v) is 10.9. The highest BCUT2D eigenvalue weighted by molar-refractivity contribution is 5.75. The van der Waals surface area contributed by atoms with Gasteiger partial charge in [0, 0.05) is 31.7 Å². The molecule has 1 aliphatic carbocycles. The first-order valence-electron chi connectivity index (χ1n) is 10.9. The fraction of sp³-hybridized carbons (Fsp3) is 0.500. The Morgan fingerprint density at radius 3 is 2.83 bits per heavy atom. The summed E-state index contributed by atoms with van der Waals surface area (Å²) in [6.07, 6.45) is 4.86. The van der Waals surface area contributed by atoms with E-state index in [1.54, 1.807) is 0 Å². The van der Waals surface area contributed by atoms with Crippen LogP contribution in [0.2, 0.25) is 0 Å². The van der Waals surface area contributed by atoms with E-state index in [1.165, 1.54) is 5.52 Å². The number of aryl methyl sites for hydroxylation is 2. The van der Waals surface area contributed by atoms with Crippen LogP contribution in [0.3, 0.4) is 0 Å². The van der Waals surface area contributed by atoms with Crippen molar-refractivity contribution >= 4 is 11.0 Å². The van der Waals surface area contributed by atoms with Crippen LogP contribution in [-0.2, 0) is 18.7 Å². The second-order valence-electron chi connectivity index (χ2n) is 8.91. The topological polar surface area (TPSA) is 54.2 Å². The summed E-state index contributed by atoms with van der Waals surface area (Å²) in [6.45, 7) is 8.04. The van der Waals surface area contributed by atoms with Crippen molar-refractivity contribution in [2.75, 3.05) is 13.1 Å². The fourth-order valence-corrected chi connectivity index (χ4v) is 5.48. The van der Waals surface area contributed by atoms with E-state index < -0.39 is 5.60 Å². The van der Waals surface area contributed by atoms with E-state index >= 15 is 0 Å². The van der Waals surface area contributed by atoms with Crippen LogP contribution in [-0.4, -0.2) is 37.6 Å². The van der Waals surface area contributed by atoms with E-state index in [-0.39, 0.29) is 5.92 Å². The summed E-state index contributed by atoms with van der Waals surface area (Å²) < 4.78 is 2.37. The average molecular weight is 391 g/mol. The molecule has 0 spiro atoms. The molecule has 2 aliphatic rings. The molecule has 3 aromatic rings. The molecule has 5 heteroatoms. The molecule has 1 saturated carbocycles. The zero-order valence-electron chi connectivity index (χ0n) is 17.4. The van der Waals surface area contributed by atoms with E-state index in [1.807, 2.05) is 19.2 Å². The predicted molar refractivity (Wildman–Crippen MR) is 114 cm³/mol. The normalized spacial score (nSPS) is 27.0. The third-order valence-corrected chi connectivity index (χ3v) is 6.93. The van der Waals surface area contributed by atoms with Crippen LogP contribution < -0.4 is 0 Å². The lowest BCUT2D eigenvalue weighted by Gasteiger charge is -2.29. The molecule has 5 rings (SSSR count). The third-order valence-electron chi connectivity index (χ3n) is 6.93. The molecule has 1 aliphatic heterocycles. The molecule has 2 fully saturated rings. The standard InChI is InChI=1S/C24H30N4O/c1-3-12-28-21-7-5-4-6-20(21)26-23(28)16-27-14-18-10-11-24(29,19(18)15-27)22-9-8-17(2)13-25-22/h4-9,13,18-19,29H,3,10-12,14-16H2,1-2H3. The summed E-state index contributed by atoms with van der Waals surface area (Å²) in [7, 11) is 0. The molecule has 2 aromatic heterocycles. The lowest BCUT2D eigenvalue weighted by molar-refractivity contribution is -0.0109. The minimum atomic E-state index is -0.795. The molecule has 1 saturated heterocycles. The second-order valence-corrected chi connectivity index (χ2v) is 8.91. The van der Waals surface area contributed by atoms with Gasteiger partial charge < -0.3 is 9.67 Å². The Bertz CT molecular complexity index is 1010. The van der Waals surface area contributed by atoms with Crippen LogP contribution in [0.25, 0.3) is 11.0 Å². The van der Waals surface area contributed by atoms with Crippen LogP contribution in [0, 0.1) is 18.8 Å². The van der Waals surface area contributed by atoms with Gasteiger partial charge in [-0.15, -0.1) is 0 Å². The Hall–Kier alpha value is -2.24. The summed E-state index contributed by atoms with van der Waals surface area (Å²) >= 11 is 0. The van der Waals surface area contributed by atoms with Crippen molar-refractivity contribution in [2.45, 2.75) is 51.8 Å². The summed E-state index contributed by atoms with van der Waals surface area (Å²) in [6, 6.07) is 12.5. The van der Waals surface area contributed by atoms with Gasteiger partial charge in [-0.05, 0) is 55.9 Å². The van der Waals surface area contributed by atoms with Gasteiger partial charge in [0.1, 0.15) is 11.4 Å². The first kappa shape index (κ1) is 18.8. The van der Waals surface area contributed by atoms with Crippen molar-refractivity contribution in [3.8, 4) is 0 Å². The van der Waals surface area contributed by atoms with Crippen molar-refractivity contribution in [1.29, 1.82) is 0 Å². The summed E-state index contributed by atoms with van der Waals surface area (Å²) in [5, 5.41) is 11.6. The molecule has 152 valence electrons. The number of benzene rings is 1. The number of fused-ring (bicyclic) bond motifs is 2. The Kier molecular flexibility index (Phi) is 4.67. The van der Waals surface area contributed by atoms with Gasteiger partial charge in [-0.1, -0.05) is 25.1 Å². The first-order chi connectivity index (χ1) is 14.1. The maximum atomic E-state index is 11.6. The summed E-state index contributed by atoms with van der Waals surface area (Å²) in [4.78, 5) is 12.0. The maximum absolute atomic E-state index is 11.6. The highest BCUT2D eigenvalue weighted by Crippen LogP contribution is 2.50. The SMILES string of the molecule is CCCn1c(CN2CC3CCC(O)(c4ccc(C)cn4)C3C2)nc2ccccc21. The number of hydrogen-bond donors (Lipinski definition) is 1. The van der Waals surface area contributed by atoms with E-state index in [0.717, 1.165) is 68.0 Å². The molecule has 3 atom stereocenters. The van der Waals surface area contributed by atoms with Gasteiger partial charge in [-0.2, -0.15) is 0 Å². The number of aromatic nitrogens is 3. The number of nitrogens with zero attached hydrogens (tertiary/aromatic N) is 4. The van der Waals surface area contributed by atoms with Crippen molar-refractivity contribution in [1.82, 2.24) is 19.4 Å². The smallest absolute Gasteiger partial charge is 0.124 e. The maximum Gasteiger partial charge on any atom is 0.124 e. The minimum absolute atomic E-state index is 0.252. The predicted octanol–water partition coefficient (Wildman–Crippen LogP) is 3.88. The number of hydrogen-bond acceptors (Lipinski definition) is 4. The second kappa shape index (κ2) is 7.22. The molecule has 0 radical (unpaired) electrons. The summed E-state index contributed by atoms with van der Waals surface area (Å²) in [5.41, 5.74) is 3.49. The van der Waals surface area contributed by atoms with Crippen LogP contribution >= 0.6 is 0 Å². The van der Waals surface area contributed by atoms with Crippen molar-refractivity contribution in [2.24, 2.45) is 11.8 Å². The van der Waals surface area contributed by atoms with Crippen molar-refractivity contribution in [3.05, 3.63) is 59.7 Å². The number of pyridine rings is 1. The van der Waals surface area contributed by atoms with Crippen LogP contribution in [0.15, 0.2) is 42.6 Å². The molecule has 3 heterocycles. The molecule has 29 heavy (non-hydrogen) atoms. The monoisotopic (exact) mass is 390 g/mol. The molecule has 5 nitrogen and oxygen atoms in total. The van der Waals surface area contributed by atoms with E-state index in [2.05, 4.69) is 51.7 Å². The minimum Gasteiger partial charge on any atom is -0.383 e. The number of aliphatic hydroxyl groups is 1. The number of likely N-dealkylation sites (tertiary alicyclic amines) is 1. The molecular formula is C24H30N4O. The lowest BCUT2D eigenvalue weighted by Crippen LogP contribution is -2.35. The lowest BCUT2D eigenvalue weighted by atomic mass is 9.85. The van der Waals surface area contributed by atoms with Crippen LogP contribution in [0.5, 0.6) is 0 Å². The van der Waals surface area contributed by atoms with Gasteiger partial charge in [0.25, 0.3) is 0 Å². The molecule has 0 amide bonds. The molecule has 0 bridgehead atoms. The van der Waals surface area contributed by atoms with Gasteiger partial charge in [0.05, 0.1) is 23.3 Å². The average Bonchev–Trinajstić information content (AvgIpc) is 3.37. The largest absolute Gasteiger partial charge is 0.383 e. The molecule has 1 N–H and O–H groups in total. The van der Waals surface area contributed by atoms with Gasteiger partial charge in [0.2, 0.25) is 0 Å². The summed E-state index contributed by atoms with van der Waals surface area (Å²) in [5.74, 6) is 1.93. The molecular weight excluding hydrogens is 360 g/mol. The third kappa shape index (κ3) is 3.17. The van der Waals surface area contributed by atoms with Gasteiger partial charge in [-0.25, -0.2) is 4.98 Å². The van der Waals surface area contributed by atoms with E-state index in [9.17, 15) is 5.11 Å². The van der Waals surface area contributed by atoms with E-state index in [0.29, 0.717) is 5.92 Å². The Balaban J connectivity index is 1.38. The zero-order valence-corrected chi connectivity index (χ0v) is 17.4. The van der Waals surface area contributed by atoms with Crippen LogP contribution in [0.1, 0.15) is 43.3 Å². The Labute approximate surface area is 172 Å². The zero-order chi connectivity index (χ0) is 20.0. The number of imidazole rings is 1. The Morgan fingerprint density at radius 1 is 1.17 bits per heavy atom. The van der Waals surface area contributed by atoms with Gasteiger partial charge >= 0.3 is 0 Å². The van der Waals surface area contributed by atoms with Crippen LogP contribution in [0.4, 0.5) is 0 Å². The quantitative estimate of drug-likeness (QED) is 0.718. The Morgan fingerprint density at radius 2 is 2.03 bits per heavy atom. The van der Waals surface area contributed by atoms with Gasteiger partial charge in [0.15, 0.2) is 0 Å².